The third-order valence-corrected chi connectivity index (χ3v) is 17.5. The maximum Gasteiger partial charge on any atom is 0.220 e. The van der Waals surface area contributed by atoms with E-state index < -0.39 is 49.5 Å². The topological polar surface area (TPSA) is 149 Å². The molecule has 1 amide bonds. The van der Waals surface area contributed by atoms with E-state index in [-0.39, 0.29) is 12.5 Å². The highest BCUT2D eigenvalue weighted by atomic mass is 16.7. The van der Waals surface area contributed by atoms with Crippen LogP contribution >= 0.6 is 0 Å². The molecule has 0 aromatic rings. The van der Waals surface area contributed by atoms with Gasteiger partial charge in [-0.1, -0.05) is 361 Å². The summed E-state index contributed by atoms with van der Waals surface area (Å²) in [6, 6.07) is -0.714. The fourth-order valence-electron chi connectivity index (χ4n) is 11.9. The SMILES string of the molecule is CCCCCCCCCCCCCCCCCCCCCCCCCCCCCCCCCCCCCCC(=O)NC(COC1OC(CO)C(O)C(O)C1O)C(O)CCCCCCCCCCCCCCCCCCCCC. The van der Waals surface area contributed by atoms with Gasteiger partial charge in [-0.3, -0.25) is 4.79 Å². The molecular formula is C69H137NO8. The van der Waals surface area contributed by atoms with E-state index in [4.69, 9.17) is 9.47 Å². The first kappa shape index (κ1) is 75.2. The molecule has 0 bridgehead atoms. The van der Waals surface area contributed by atoms with Crippen LogP contribution in [-0.2, 0) is 14.3 Å². The summed E-state index contributed by atoms with van der Waals surface area (Å²) in [5.41, 5.74) is 0. The number of amides is 1. The van der Waals surface area contributed by atoms with Gasteiger partial charge in [0.25, 0.3) is 0 Å². The number of nitrogens with one attached hydrogen (secondary N) is 1. The zero-order valence-electron chi connectivity index (χ0n) is 52.2. The second-order valence-corrected chi connectivity index (χ2v) is 25.0. The normalized spacial score (nSPS) is 18.5. The van der Waals surface area contributed by atoms with Gasteiger partial charge in [0, 0.05) is 6.42 Å². The van der Waals surface area contributed by atoms with Crippen LogP contribution in [0.2, 0.25) is 0 Å². The molecule has 466 valence electrons. The van der Waals surface area contributed by atoms with Gasteiger partial charge in [-0.05, 0) is 12.8 Å². The van der Waals surface area contributed by atoms with Crippen molar-refractivity contribution in [3.8, 4) is 0 Å². The Morgan fingerprint density at radius 1 is 0.385 bits per heavy atom. The fraction of sp³-hybridized carbons (Fsp3) is 0.986. The average Bonchev–Trinajstić information content (AvgIpc) is 3.45. The van der Waals surface area contributed by atoms with E-state index >= 15 is 0 Å². The van der Waals surface area contributed by atoms with E-state index in [0.717, 1.165) is 38.5 Å². The van der Waals surface area contributed by atoms with Gasteiger partial charge in [0.05, 0.1) is 25.4 Å². The molecule has 1 aliphatic rings. The van der Waals surface area contributed by atoms with Crippen molar-refractivity contribution >= 4 is 5.91 Å². The summed E-state index contributed by atoms with van der Waals surface area (Å²) in [6.45, 7) is 3.90. The summed E-state index contributed by atoms with van der Waals surface area (Å²) in [5, 5.41) is 54.9. The molecule has 0 saturated carbocycles. The van der Waals surface area contributed by atoms with Crippen molar-refractivity contribution in [3.63, 3.8) is 0 Å². The lowest BCUT2D eigenvalue weighted by Gasteiger charge is -2.40. The number of ether oxygens (including phenoxy) is 2. The number of hydrogen-bond acceptors (Lipinski definition) is 8. The lowest BCUT2D eigenvalue weighted by Crippen LogP contribution is -2.60. The first-order valence-corrected chi connectivity index (χ1v) is 35.2. The van der Waals surface area contributed by atoms with Crippen LogP contribution in [0.5, 0.6) is 0 Å². The molecule has 6 N–H and O–H groups in total. The average molecular weight is 1110 g/mol. The highest BCUT2D eigenvalue weighted by Gasteiger charge is 2.44. The minimum Gasteiger partial charge on any atom is -0.394 e. The summed E-state index contributed by atoms with van der Waals surface area (Å²) in [6.07, 6.45) is 67.6. The lowest BCUT2D eigenvalue weighted by molar-refractivity contribution is -0.302. The van der Waals surface area contributed by atoms with Gasteiger partial charge < -0.3 is 40.3 Å². The minimum absolute atomic E-state index is 0.131. The highest BCUT2D eigenvalue weighted by molar-refractivity contribution is 5.76. The van der Waals surface area contributed by atoms with Crippen LogP contribution in [0.3, 0.4) is 0 Å². The van der Waals surface area contributed by atoms with Crippen LogP contribution in [0.25, 0.3) is 0 Å². The van der Waals surface area contributed by atoms with Gasteiger partial charge in [-0.15, -0.1) is 0 Å². The first-order chi connectivity index (χ1) is 38.3. The highest BCUT2D eigenvalue weighted by Crippen LogP contribution is 2.24. The number of aliphatic hydroxyl groups is 5. The molecule has 0 aromatic heterocycles. The lowest BCUT2D eigenvalue weighted by atomic mass is 9.99. The quantitative estimate of drug-likeness (QED) is 0.0330. The van der Waals surface area contributed by atoms with Crippen LogP contribution < -0.4 is 5.32 Å². The molecule has 1 rings (SSSR count). The third-order valence-electron chi connectivity index (χ3n) is 17.5. The zero-order chi connectivity index (χ0) is 56.5. The summed E-state index contributed by atoms with van der Waals surface area (Å²) in [4.78, 5) is 13.1. The number of hydrogen-bond donors (Lipinski definition) is 6. The maximum atomic E-state index is 13.1. The Kier molecular flexibility index (Phi) is 57.2. The van der Waals surface area contributed by atoms with Crippen molar-refractivity contribution in [1.29, 1.82) is 0 Å². The molecule has 0 aliphatic carbocycles. The van der Waals surface area contributed by atoms with Crippen molar-refractivity contribution in [2.75, 3.05) is 13.2 Å². The molecule has 0 radical (unpaired) electrons. The molecule has 0 aromatic carbocycles. The molecule has 1 aliphatic heterocycles. The van der Waals surface area contributed by atoms with Crippen LogP contribution in [0.4, 0.5) is 0 Å². The molecular weight excluding hydrogens is 971 g/mol. The van der Waals surface area contributed by atoms with E-state index in [9.17, 15) is 30.3 Å². The molecule has 9 heteroatoms. The number of carbonyl (C=O) groups is 1. The zero-order valence-corrected chi connectivity index (χ0v) is 52.2. The maximum absolute atomic E-state index is 13.1. The summed E-state index contributed by atoms with van der Waals surface area (Å²) >= 11 is 0. The monoisotopic (exact) mass is 1110 g/mol. The van der Waals surface area contributed by atoms with E-state index in [2.05, 4.69) is 19.2 Å². The Bertz CT molecular complexity index is 1190. The Labute approximate surface area is 484 Å². The van der Waals surface area contributed by atoms with Gasteiger partial charge in [-0.25, -0.2) is 0 Å². The van der Waals surface area contributed by atoms with E-state index in [1.807, 2.05) is 0 Å². The van der Waals surface area contributed by atoms with Crippen LogP contribution in [0.1, 0.15) is 380 Å². The molecule has 78 heavy (non-hydrogen) atoms. The summed E-state index contributed by atoms with van der Waals surface area (Å²) in [5.74, 6) is -0.134. The van der Waals surface area contributed by atoms with Crippen LogP contribution in [0.15, 0.2) is 0 Å². The minimum atomic E-state index is -1.55. The summed E-state index contributed by atoms with van der Waals surface area (Å²) in [7, 11) is 0. The van der Waals surface area contributed by atoms with Crippen molar-refractivity contribution in [2.24, 2.45) is 0 Å². The Hall–Kier alpha value is -0.810. The first-order valence-electron chi connectivity index (χ1n) is 35.2. The van der Waals surface area contributed by atoms with E-state index in [0.29, 0.717) is 12.8 Å². The molecule has 7 atom stereocenters. The second kappa shape index (κ2) is 59.4. The number of aliphatic hydroxyl groups excluding tert-OH is 5. The van der Waals surface area contributed by atoms with Crippen molar-refractivity contribution in [3.05, 3.63) is 0 Å². The second-order valence-electron chi connectivity index (χ2n) is 25.0. The van der Waals surface area contributed by atoms with Gasteiger partial charge in [0.2, 0.25) is 5.91 Å². The Morgan fingerprint density at radius 3 is 0.910 bits per heavy atom. The number of unbranched alkanes of at least 4 members (excludes halogenated alkanes) is 53. The molecule has 1 heterocycles. The fourth-order valence-corrected chi connectivity index (χ4v) is 11.9. The smallest absolute Gasteiger partial charge is 0.220 e. The predicted molar refractivity (Wildman–Crippen MR) is 332 cm³/mol. The van der Waals surface area contributed by atoms with Crippen molar-refractivity contribution in [1.82, 2.24) is 5.32 Å². The molecule has 1 saturated heterocycles. The van der Waals surface area contributed by atoms with Gasteiger partial charge in [0.1, 0.15) is 24.4 Å². The number of rotatable bonds is 63. The van der Waals surface area contributed by atoms with Gasteiger partial charge in [0.15, 0.2) is 6.29 Å². The Morgan fingerprint density at radius 2 is 0.641 bits per heavy atom. The summed E-state index contributed by atoms with van der Waals surface area (Å²) < 4.78 is 11.4. The number of carbonyl (C=O) groups excluding carboxylic acids is 1. The van der Waals surface area contributed by atoms with Gasteiger partial charge in [-0.2, -0.15) is 0 Å². The third kappa shape index (κ3) is 47.7. The van der Waals surface area contributed by atoms with Crippen LogP contribution in [0, 0.1) is 0 Å². The van der Waals surface area contributed by atoms with Crippen LogP contribution in [-0.4, -0.2) is 87.5 Å². The van der Waals surface area contributed by atoms with E-state index in [1.54, 1.807) is 0 Å². The molecule has 7 unspecified atom stereocenters. The molecule has 0 spiro atoms. The Balaban J connectivity index is 2.04. The standard InChI is InChI=1S/C69H137NO8/c1-3-5-7-9-11-13-15-17-19-21-23-24-25-26-27-28-29-30-31-32-33-34-35-36-37-38-39-41-43-45-47-49-51-53-55-57-59-65(73)70-62(61-77-69-68(76)67(75)66(74)64(60-71)78-69)63(72)58-56-54-52-50-48-46-44-42-40-22-20-18-16-14-12-10-8-6-4-2/h62-64,66-69,71-72,74-76H,3-61H2,1-2H3,(H,70,73). The molecule has 9 nitrogen and oxygen atoms in total. The van der Waals surface area contributed by atoms with E-state index in [1.165, 1.54) is 315 Å². The predicted octanol–water partition coefficient (Wildman–Crippen LogP) is 18.9. The largest absolute Gasteiger partial charge is 0.394 e. The molecule has 1 fully saturated rings. The van der Waals surface area contributed by atoms with Crippen molar-refractivity contribution < 1.29 is 39.8 Å². The van der Waals surface area contributed by atoms with Gasteiger partial charge >= 0.3 is 0 Å². The van der Waals surface area contributed by atoms with Crippen molar-refractivity contribution in [2.45, 2.75) is 423 Å².